The predicted octanol–water partition coefficient (Wildman–Crippen LogP) is 4.03. The van der Waals surface area contributed by atoms with Gasteiger partial charge in [-0.25, -0.2) is 0 Å². The smallest absolute Gasteiger partial charge is 0.176 e. The highest BCUT2D eigenvalue weighted by atomic mass is 35.5. The molecule has 0 spiro atoms. The van der Waals surface area contributed by atoms with E-state index in [1.807, 2.05) is 12.1 Å². The van der Waals surface area contributed by atoms with Gasteiger partial charge in [-0.05, 0) is 43.5 Å². The second-order valence-corrected chi connectivity index (χ2v) is 6.31. The number of hydrogen-bond donors (Lipinski definition) is 0. The van der Waals surface area contributed by atoms with Crippen molar-refractivity contribution in [3.05, 3.63) is 34.9 Å². The number of Topliss-reactive ketones (excluding diaryl/α,β-unsaturated/α-hetero) is 1. The van der Waals surface area contributed by atoms with Crippen LogP contribution in [0.3, 0.4) is 0 Å². The lowest BCUT2D eigenvalue weighted by molar-refractivity contribution is 0.0813. The number of likely N-dealkylation sites (tertiary alicyclic amines) is 1. The van der Waals surface area contributed by atoms with Crippen molar-refractivity contribution in [3.8, 4) is 0 Å². The molecule has 1 aliphatic rings. The van der Waals surface area contributed by atoms with Crippen molar-refractivity contribution in [2.75, 3.05) is 19.6 Å². The first-order valence-electron chi connectivity index (χ1n) is 7.03. The van der Waals surface area contributed by atoms with Gasteiger partial charge in [-0.3, -0.25) is 9.69 Å². The highest BCUT2D eigenvalue weighted by Crippen LogP contribution is 2.33. The molecule has 0 radical (unpaired) electrons. The van der Waals surface area contributed by atoms with E-state index in [1.54, 1.807) is 12.1 Å². The van der Waals surface area contributed by atoms with E-state index in [4.69, 9.17) is 11.6 Å². The maximum absolute atomic E-state index is 12.2. The molecule has 0 aromatic heterocycles. The minimum absolute atomic E-state index is 0.169. The predicted molar refractivity (Wildman–Crippen MR) is 79.9 cm³/mol. The molecule has 0 bridgehead atoms. The number of carbonyl (C=O) groups is 1. The molecule has 19 heavy (non-hydrogen) atoms. The normalized spacial score (nSPS) is 19.3. The molecule has 104 valence electrons. The van der Waals surface area contributed by atoms with Crippen LogP contribution in [-0.4, -0.2) is 30.3 Å². The van der Waals surface area contributed by atoms with Gasteiger partial charge >= 0.3 is 0 Å². The number of benzene rings is 1. The maximum atomic E-state index is 12.2. The summed E-state index contributed by atoms with van der Waals surface area (Å²) in [6, 6.07) is 7.23. The number of halogens is 1. The molecule has 1 fully saturated rings. The van der Waals surface area contributed by atoms with Crippen LogP contribution in [0, 0.1) is 5.41 Å². The second-order valence-electron chi connectivity index (χ2n) is 5.87. The highest BCUT2D eigenvalue weighted by molar-refractivity contribution is 6.31. The van der Waals surface area contributed by atoms with Gasteiger partial charge in [-0.15, -0.1) is 0 Å². The van der Waals surface area contributed by atoms with Crippen molar-refractivity contribution in [2.24, 2.45) is 5.41 Å². The minimum atomic E-state index is 0.169. The molecule has 0 saturated carbocycles. The monoisotopic (exact) mass is 279 g/mol. The van der Waals surface area contributed by atoms with E-state index >= 15 is 0 Å². The summed E-state index contributed by atoms with van der Waals surface area (Å²) >= 11 is 5.92. The van der Waals surface area contributed by atoms with E-state index in [0.29, 0.717) is 17.0 Å². The lowest BCUT2D eigenvalue weighted by atomic mass is 9.78. The van der Waals surface area contributed by atoms with Gasteiger partial charge in [0.15, 0.2) is 5.78 Å². The van der Waals surface area contributed by atoms with E-state index in [0.717, 1.165) is 18.7 Å². The molecule has 2 rings (SSSR count). The largest absolute Gasteiger partial charge is 0.296 e. The van der Waals surface area contributed by atoms with Crippen LogP contribution < -0.4 is 0 Å². The first kappa shape index (κ1) is 14.5. The molecule has 3 heteroatoms. The van der Waals surface area contributed by atoms with Crippen LogP contribution in [0.1, 0.15) is 43.5 Å². The Morgan fingerprint density at radius 1 is 1.37 bits per heavy atom. The summed E-state index contributed by atoms with van der Waals surface area (Å²) in [5.41, 5.74) is 1.19. The highest BCUT2D eigenvalue weighted by Gasteiger charge is 2.28. The van der Waals surface area contributed by atoms with Crippen LogP contribution in [-0.2, 0) is 0 Å². The van der Waals surface area contributed by atoms with Gasteiger partial charge in [0.05, 0.1) is 6.54 Å². The minimum Gasteiger partial charge on any atom is -0.296 e. The first-order valence-corrected chi connectivity index (χ1v) is 7.41. The molecular formula is C16H22ClNO. The lowest BCUT2D eigenvalue weighted by Crippen LogP contribution is -2.40. The van der Waals surface area contributed by atoms with Crippen LogP contribution in [0.25, 0.3) is 0 Å². The van der Waals surface area contributed by atoms with Crippen LogP contribution in [0.2, 0.25) is 5.02 Å². The van der Waals surface area contributed by atoms with Gasteiger partial charge in [-0.2, -0.15) is 0 Å². The molecular weight excluding hydrogens is 258 g/mol. The molecule has 0 unspecified atom stereocenters. The number of nitrogens with zero attached hydrogens (tertiary/aromatic N) is 1. The quantitative estimate of drug-likeness (QED) is 0.776. The lowest BCUT2D eigenvalue weighted by Gasteiger charge is -2.38. The Morgan fingerprint density at radius 3 is 2.63 bits per heavy atom. The number of piperidine rings is 1. The summed E-state index contributed by atoms with van der Waals surface area (Å²) in [5, 5.41) is 0.628. The summed E-state index contributed by atoms with van der Waals surface area (Å²) in [6.45, 7) is 7.17. The molecule has 1 heterocycles. The fraction of sp³-hybridized carbons (Fsp3) is 0.562. The van der Waals surface area contributed by atoms with E-state index in [-0.39, 0.29) is 5.78 Å². The molecule has 1 saturated heterocycles. The molecule has 1 aliphatic heterocycles. The zero-order valence-corrected chi connectivity index (χ0v) is 12.5. The van der Waals surface area contributed by atoms with Crippen LogP contribution in [0.5, 0.6) is 0 Å². The first-order chi connectivity index (χ1) is 9.02. The van der Waals surface area contributed by atoms with Gasteiger partial charge in [0.1, 0.15) is 0 Å². The van der Waals surface area contributed by atoms with Crippen molar-refractivity contribution in [3.63, 3.8) is 0 Å². The van der Waals surface area contributed by atoms with Crippen molar-refractivity contribution >= 4 is 17.4 Å². The Balaban J connectivity index is 1.91. The summed E-state index contributed by atoms with van der Waals surface area (Å²) in [5.74, 6) is 0.169. The Morgan fingerprint density at radius 2 is 2.05 bits per heavy atom. The molecule has 1 aromatic rings. The molecule has 0 amide bonds. The third-order valence-corrected chi connectivity index (χ3v) is 4.67. The van der Waals surface area contributed by atoms with E-state index in [1.165, 1.54) is 19.3 Å². The van der Waals surface area contributed by atoms with Crippen molar-refractivity contribution in [1.82, 2.24) is 4.90 Å². The molecule has 1 aromatic carbocycles. The maximum Gasteiger partial charge on any atom is 0.176 e. The average molecular weight is 280 g/mol. The van der Waals surface area contributed by atoms with Crippen molar-refractivity contribution < 1.29 is 4.79 Å². The van der Waals surface area contributed by atoms with Gasteiger partial charge in [0, 0.05) is 10.6 Å². The zero-order valence-electron chi connectivity index (χ0n) is 11.8. The van der Waals surface area contributed by atoms with E-state index in [9.17, 15) is 4.79 Å². The summed E-state index contributed by atoms with van der Waals surface area (Å²) in [6.07, 6.45) is 3.60. The number of carbonyl (C=O) groups excluding carboxylic acids is 1. The van der Waals surface area contributed by atoms with Crippen molar-refractivity contribution in [1.29, 1.82) is 0 Å². The Labute approximate surface area is 120 Å². The second kappa shape index (κ2) is 6.06. The Hall–Kier alpha value is -0.860. The summed E-state index contributed by atoms with van der Waals surface area (Å²) in [7, 11) is 0. The fourth-order valence-electron chi connectivity index (χ4n) is 2.56. The van der Waals surface area contributed by atoms with Gasteiger partial charge in [0.2, 0.25) is 0 Å². The Bertz CT molecular complexity index is 450. The number of hydrogen-bond acceptors (Lipinski definition) is 2. The van der Waals surface area contributed by atoms with Gasteiger partial charge in [0.25, 0.3) is 0 Å². The third-order valence-electron chi connectivity index (χ3n) is 4.43. The molecule has 0 atom stereocenters. The zero-order chi connectivity index (χ0) is 13.9. The Kier molecular flexibility index (Phi) is 4.64. The van der Waals surface area contributed by atoms with Gasteiger partial charge in [-0.1, -0.05) is 44.0 Å². The summed E-state index contributed by atoms with van der Waals surface area (Å²) in [4.78, 5) is 14.5. The average Bonchev–Trinajstić information content (AvgIpc) is 2.41. The van der Waals surface area contributed by atoms with Gasteiger partial charge < -0.3 is 0 Å². The van der Waals surface area contributed by atoms with Crippen LogP contribution in [0.4, 0.5) is 0 Å². The van der Waals surface area contributed by atoms with E-state index < -0.39 is 0 Å². The molecule has 0 N–H and O–H groups in total. The SMILES string of the molecule is CCC1(C)CCN(CC(=O)c2cccc(Cl)c2)CC1. The van der Waals surface area contributed by atoms with Crippen molar-refractivity contribution in [2.45, 2.75) is 33.1 Å². The number of ketones is 1. The number of rotatable bonds is 4. The third kappa shape index (κ3) is 3.80. The van der Waals surface area contributed by atoms with Crippen LogP contribution >= 0.6 is 11.6 Å². The standard InChI is InChI=1S/C16H22ClNO/c1-3-16(2)7-9-18(10-8-16)12-15(19)13-5-4-6-14(17)11-13/h4-6,11H,3,7-10,12H2,1-2H3. The van der Waals surface area contributed by atoms with Crippen LogP contribution in [0.15, 0.2) is 24.3 Å². The topological polar surface area (TPSA) is 20.3 Å². The summed E-state index contributed by atoms with van der Waals surface area (Å²) < 4.78 is 0. The van der Waals surface area contributed by atoms with E-state index in [2.05, 4.69) is 18.7 Å². The molecule has 2 nitrogen and oxygen atoms in total. The fourth-order valence-corrected chi connectivity index (χ4v) is 2.75. The molecule has 0 aliphatic carbocycles.